The number of carbonyl (C=O) groups excluding carboxylic acids is 2. The molecule has 0 radical (unpaired) electrons. The molecule has 2 rings (SSSR count). The molecule has 5 nitrogen and oxygen atoms in total. The molecule has 2 aromatic rings. The Hall–Kier alpha value is -2.42. The van der Waals surface area contributed by atoms with E-state index in [9.17, 15) is 22.8 Å². The summed E-state index contributed by atoms with van der Waals surface area (Å²) < 4.78 is 42.1. The number of hydrogen-bond acceptors (Lipinski definition) is 5. The second-order valence-corrected chi connectivity index (χ2v) is 5.13. The number of nitrogens with one attached hydrogen (secondary N) is 1. The first-order valence-electron chi connectivity index (χ1n) is 5.88. The summed E-state index contributed by atoms with van der Waals surface area (Å²) in [5.74, 6) is -0.852. The van der Waals surface area contributed by atoms with E-state index in [2.05, 4.69) is 10.3 Å². The first-order valence-corrected chi connectivity index (χ1v) is 6.70. The maximum absolute atomic E-state index is 12.4. The molecule has 1 aromatic carbocycles. The Kier molecular flexibility index (Phi) is 4.45. The Labute approximate surface area is 126 Å². The van der Waals surface area contributed by atoms with Gasteiger partial charge in [0.1, 0.15) is 10.6 Å². The van der Waals surface area contributed by atoms with Crippen molar-refractivity contribution in [2.45, 2.75) is 13.1 Å². The first kappa shape index (κ1) is 16.0. The molecule has 1 aromatic heterocycles. The predicted octanol–water partition coefficient (Wildman–Crippen LogP) is 3.34. The summed E-state index contributed by atoms with van der Waals surface area (Å²) >= 11 is 0.337. The summed E-state index contributed by atoms with van der Waals surface area (Å²) in [5.41, 5.74) is 0.194. The number of carbonyl (C=O) groups is 2. The number of hydrogen-bond donors (Lipinski definition) is 1. The van der Waals surface area contributed by atoms with Crippen molar-refractivity contribution < 1.29 is 27.5 Å². The molecule has 0 saturated carbocycles. The van der Waals surface area contributed by atoms with Gasteiger partial charge < -0.3 is 4.74 Å². The lowest BCUT2D eigenvalue weighted by Crippen LogP contribution is -2.11. The van der Waals surface area contributed by atoms with E-state index in [4.69, 9.17) is 4.74 Å². The van der Waals surface area contributed by atoms with Crippen LogP contribution in [-0.4, -0.2) is 16.9 Å². The molecule has 0 aliphatic rings. The van der Waals surface area contributed by atoms with E-state index in [-0.39, 0.29) is 16.4 Å². The van der Waals surface area contributed by atoms with Gasteiger partial charge in [0.2, 0.25) is 0 Å². The van der Waals surface area contributed by atoms with Crippen LogP contribution >= 0.6 is 11.3 Å². The smallest absolute Gasteiger partial charge is 0.427 e. The topological polar surface area (TPSA) is 68.3 Å². The highest BCUT2D eigenvalue weighted by atomic mass is 32.1. The number of benzene rings is 1. The number of nitrogens with zero attached hydrogens (tertiary/aromatic N) is 1. The van der Waals surface area contributed by atoms with Crippen molar-refractivity contribution in [2.24, 2.45) is 0 Å². The molecule has 0 saturated heterocycles. The summed E-state index contributed by atoms with van der Waals surface area (Å²) in [6.07, 6.45) is -3.84. The van der Waals surface area contributed by atoms with Crippen LogP contribution < -0.4 is 10.1 Å². The van der Waals surface area contributed by atoms with Crippen LogP contribution in [0.5, 0.6) is 5.75 Å². The van der Waals surface area contributed by atoms with Gasteiger partial charge in [0.25, 0.3) is 5.91 Å². The molecular formula is C13H9F3N2O3S. The van der Waals surface area contributed by atoms with Crippen molar-refractivity contribution in [3.8, 4) is 5.75 Å². The van der Waals surface area contributed by atoms with Crippen LogP contribution in [0.2, 0.25) is 0 Å². The lowest BCUT2D eigenvalue weighted by molar-refractivity contribution is -0.134. The molecule has 0 aliphatic carbocycles. The second-order valence-electron chi connectivity index (χ2n) is 4.10. The summed E-state index contributed by atoms with van der Waals surface area (Å²) in [4.78, 5) is 25.2. The fourth-order valence-corrected chi connectivity index (χ4v) is 2.15. The van der Waals surface area contributed by atoms with E-state index < -0.39 is 22.9 Å². The quantitative estimate of drug-likeness (QED) is 0.692. The summed E-state index contributed by atoms with van der Waals surface area (Å²) in [6, 6.07) is 5.57. The van der Waals surface area contributed by atoms with Crippen molar-refractivity contribution in [1.29, 1.82) is 0 Å². The number of alkyl halides is 3. The third-order valence-corrected chi connectivity index (χ3v) is 3.34. The Morgan fingerprint density at radius 2 is 1.86 bits per heavy atom. The highest BCUT2D eigenvalue weighted by Gasteiger charge is 2.33. The van der Waals surface area contributed by atoms with E-state index in [0.29, 0.717) is 17.5 Å². The van der Waals surface area contributed by atoms with Gasteiger partial charge in [0.05, 0.1) is 6.20 Å². The van der Waals surface area contributed by atoms with Crippen molar-refractivity contribution in [3.05, 3.63) is 40.9 Å². The average molecular weight is 330 g/mol. The highest BCUT2D eigenvalue weighted by molar-refractivity contribution is 7.15. The van der Waals surface area contributed by atoms with Crippen LogP contribution in [-0.2, 0) is 11.0 Å². The summed E-state index contributed by atoms with van der Waals surface area (Å²) in [6.45, 7) is 1.24. The Balaban J connectivity index is 2.06. The molecule has 0 atom stereocenters. The minimum Gasteiger partial charge on any atom is -0.427 e. The normalized spacial score (nSPS) is 11.1. The van der Waals surface area contributed by atoms with E-state index >= 15 is 0 Å². The maximum Gasteiger partial charge on any atom is 0.427 e. The largest absolute Gasteiger partial charge is 0.427 e. The number of anilines is 1. The second kappa shape index (κ2) is 6.14. The lowest BCUT2D eigenvalue weighted by atomic mass is 10.2. The standard InChI is InChI=1S/C13H9F3N2O3S/c1-7(19)21-9-4-2-8(3-5-9)11(20)18-12-17-6-10(22-12)13(14,15)16/h2-6H,1H3,(H,17,18,20). The van der Waals surface area contributed by atoms with Crippen LogP contribution in [0.3, 0.4) is 0 Å². The van der Waals surface area contributed by atoms with Gasteiger partial charge in [-0.3, -0.25) is 14.9 Å². The molecule has 1 N–H and O–H groups in total. The van der Waals surface area contributed by atoms with Crippen molar-refractivity contribution in [1.82, 2.24) is 4.98 Å². The maximum atomic E-state index is 12.4. The molecule has 1 heterocycles. The van der Waals surface area contributed by atoms with Gasteiger partial charge in [-0.05, 0) is 24.3 Å². The Bertz CT molecular complexity index is 695. The van der Waals surface area contributed by atoms with Gasteiger partial charge in [-0.1, -0.05) is 11.3 Å². The minimum atomic E-state index is -4.49. The average Bonchev–Trinajstić information content (AvgIpc) is 2.87. The molecule has 0 spiro atoms. The van der Waals surface area contributed by atoms with Crippen LogP contribution in [0, 0.1) is 0 Å². The Morgan fingerprint density at radius 1 is 1.23 bits per heavy atom. The molecule has 9 heteroatoms. The fraction of sp³-hybridized carbons (Fsp3) is 0.154. The van der Waals surface area contributed by atoms with Gasteiger partial charge in [0, 0.05) is 12.5 Å². The molecule has 1 amide bonds. The Morgan fingerprint density at radius 3 is 2.36 bits per heavy atom. The van der Waals surface area contributed by atoms with Crippen LogP contribution in [0.25, 0.3) is 0 Å². The lowest BCUT2D eigenvalue weighted by Gasteiger charge is -2.04. The predicted molar refractivity (Wildman–Crippen MR) is 72.8 cm³/mol. The zero-order chi connectivity index (χ0) is 16.3. The van der Waals surface area contributed by atoms with Gasteiger partial charge in [-0.15, -0.1) is 0 Å². The zero-order valence-electron chi connectivity index (χ0n) is 11.1. The van der Waals surface area contributed by atoms with Crippen LogP contribution in [0.15, 0.2) is 30.5 Å². The molecule has 116 valence electrons. The molecule has 0 fully saturated rings. The molecule has 0 bridgehead atoms. The molecular weight excluding hydrogens is 321 g/mol. The molecule has 0 unspecified atom stereocenters. The number of amides is 1. The zero-order valence-corrected chi connectivity index (χ0v) is 11.9. The van der Waals surface area contributed by atoms with E-state index in [0.717, 1.165) is 0 Å². The molecule has 0 aliphatic heterocycles. The van der Waals surface area contributed by atoms with E-state index in [1.807, 2.05) is 0 Å². The van der Waals surface area contributed by atoms with Crippen LogP contribution in [0.1, 0.15) is 22.2 Å². The fourth-order valence-electron chi connectivity index (χ4n) is 1.47. The first-order chi connectivity index (χ1) is 10.3. The van der Waals surface area contributed by atoms with Crippen LogP contribution in [0.4, 0.5) is 18.3 Å². The minimum absolute atomic E-state index is 0.151. The van der Waals surface area contributed by atoms with Gasteiger partial charge in [-0.25, -0.2) is 4.98 Å². The van der Waals surface area contributed by atoms with E-state index in [1.54, 1.807) is 0 Å². The number of ether oxygens (including phenoxy) is 1. The third-order valence-electron chi connectivity index (χ3n) is 2.38. The van der Waals surface area contributed by atoms with Crippen molar-refractivity contribution in [2.75, 3.05) is 5.32 Å². The number of rotatable bonds is 3. The summed E-state index contributed by atoms with van der Waals surface area (Å²) in [5, 5.41) is 2.12. The number of thiazole rings is 1. The van der Waals surface area contributed by atoms with E-state index in [1.165, 1.54) is 31.2 Å². The van der Waals surface area contributed by atoms with Gasteiger partial charge in [-0.2, -0.15) is 13.2 Å². The number of aromatic nitrogens is 1. The highest BCUT2D eigenvalue weighted by Crippen LogP contribution is 2.35. The number of esters is 1. The monoisotopic (exact) mass is 330 g/mol. The van der Waals surface area contributed by atoms with Crippen molar-refractivity contribution >= 4 is 28.3 Å². The van der Waals surface area contributed by atoms with Gasteiger partial charge >= 0.3 is 12.1 Å². The third kappa shape index (κ3) is 4.04. The van der Waals surface area contributed by atoms with Crippen molar-refractivity contribution in [3.63, 3.8) is 0 Å². The number of halogens is 3. The summed E-state index contributed by atoms with van der Waals surface area (Å²) in [7, 11) is 0. The SMILES string of the molecule is CC(=O)Oc1ccc(C(=O)Nc2ncc(C(F)(F)F)s2)cc1. The van der Waals surface area contributed by atoms with Gasteiger partial charge in [0.15, 0.2) is 5.13 Å². The molecule has 22 heavy (non-hydrogen) atoms.